The van der Waals surface area contributed by atoms with Crippen molar-refractivity contribution in [1.82, 2.24) is 0 Å². The first-order valence-electron chi connectivity index (χ1n) is 2.72. The Balaban J connectivity index is 0. The maximum absolute atomic E-state index is 10.3. The summed E-state index contributed by atoms with van der Waals surface area (Å²) in [5, 5.41) is 6.89. The van der Waals surface area contributed by atoms with Crippen LogP contribution in [0.3, 0.4) is 0 Å². The molecule has 54 valence electrons. The molecule has 0 aliphatic rings. The van der Waals surface area contributed by atoms with Gasteiger partial charge in [-0.25, -0.2) is 0 Å². The van der Waals surface area contributed by atoms with Crippen LogP contribution in [0.1, 0.15) is 13.8 Å². The summed E-state index contributed by atoms with van der Waals surface area (Å²) in [6.07, 6.45) is 1.68. The Kier molecular flexibility index (Phi) is 13.3. The van der Waals surface area contributed by atoms with Crippen LogP contribution in [0.15, 0.2) is 0 Å². The highest BCUT2D eigenvalue weighted by atomic mass is 31.1. The second-order valence-electron chi connectivity index (χ2n) is 1.22. The fraction of sp³-hybridized carbons (Fsp3) is 0.800. The van der Waals surface area contributed by atoms with Crippen LogP contribution in [0.5, 0.6) is 0 Å². The molecule has 4 heteroatoms. The van der Waals surface area contributed by atoms with Crippen LogP contribution >= 0.6 is 7.80 Å². The summed E-state index contributed by atoms with van der Waals surface area (Å²) in [6, 6.07) is 0. The molecule has 0 aromatic heterocycles. The summed E-state index contributed by atoms with van der Waals surface area (Å²) >= 11 is 0. The normalized spacial score (nSPS) is 6.89. The van der Waals surface area contributed by atoms with E-state index >= 15 is 0 Å². The third kappa shape index (κ3) is 18.4. The van der Waals surface area contributed by atoms with E-state index in [1.165, 1.54) is 0 Å². The number of hydrogen-bond donors (Lipinski definition) is 1. The molecule has 0 rings (SSSR count). The van der Waals surface area contributed by atoms with Crippen molar-refractivity contribution < 1.29 is 14.5 Å². The lowest BCUT2D eigenvalue weighted by molar-refractivity contribution is -0.122. The van der Waals surface area contributed by atoms with Crippen LogP contribution in [0, 0.1) is 0 Å². The summed E-state index contributed by atoms with van der Waals surface area (Å²) < 4.78 is 10.3. The fourth-order valence-electron chi connectivity index (χ4n) is 0.224. The largest absolute Gasteiger partial charge is 0.483 e. The first-order chi connectivity index (χ1) is 4.22. The fourth-order valence-corrected chi connectivity index (χ4v) is 0.671. The molecule has 0 radical (unpaired) electrons. The van der Waals surface area contributed by atoms with Gasteiger partial charge in [-0.15, -0.1) is 0 Å². The van der Waals surface area contributed by atoms with Gasteiger partial charge in [-0.2, -0.15) is 0 Å². The molecule has 0 aromatic rings. The topological polar surface area (TPSA) is 54.4 Å². The van der Waals surface area contributed by atoms with Crippen molar-refractivity contribution in [1.29, 1.82) is 0 Å². The van der Waals surface area contributed by atoms with Gasteiger partial charge in [-0.3, -0.25) is 4.79 Å². The van der Waals surface area contributed by atoms with Crippen LogP contribution in [-0.4, -0.2) is 23.9 Å². The van der Waals surface area contributed by atoms with Gasteiger partial charge >= 0.3 is 7.80 Å². The van der Waals surface area contributed by atoms with Crippen LogP contribution in [0.25, 0.3) is 0 Å². The molecule has 0 aliphatic heterocycles. The molecule has 3 nitrogen and oxygen atoms in total. The van der Waals surface area contributed by atoms with E-state index in [1.54, 1.807) is 0 Å². The van der Waals surface area contributed by atoms with E-state index in [9.17, 15) is 4.57 Å². The van der Waals surface area contributed by atoms with E-state index in [4.69, 9.17) is 9.90 Å². The van der Waals surface area contributed by atoms with Gasteiger partial charge in [0.15, 0.2) is 0 Å². The minimum atomic E-state index is -0.826. The monoisotopic (exact) mass is 151 g/mol. The molecule has 0 spiro atoms. The van der Waals surface area contributed by atoms with Crippen molar-refractivity contribution >= 4 is 14.3 Å². The zero-order valence-corrected chi connectivity index (χ0v) is 6.60. The lowest BCUT2D eigenvalue weighted by Crippen LogP contribution is -1.66. The smallest absolute Gasteiger partial charge is 0.338 e. The number of hydrogen-bond acceptors (Lipinski definition) is 2. The van der Waals surface area contributed by atoms with Crippen molar-refractivity contribution in [2.24, 2.45) is 0 Å². The Hall–Kier alpha value is -0.430. The molecule has 0 bridgehead atoms. The van der Waals surface area contributed by atoms with Crippen molar-refractivity contribution in [2.45, 2.75) is 13.8 Å². The zero-order chi connectivity index (χ0) is 7.70. The summed E-state index contributed by atoms with van der Waals surface area (Å²) in [7, 11) is -0.826. The van der Waals surface area contributed by atoms with Gasteiger partial charge in [0.1, 0.15) is 12.3 Å². The molecular weight excluding hydrogens is 139 g/mol. The molecule has 9 heavy (non-hydrogen) atoms. The quantitative estimate of drug-likeness (QED) is 0.481. The highest BCUT2D eigenvalue weighted by Gasteiger charge is 2.02. The minimum absolute atomic E-state index is 0.250. The average molecular weight is 151 g/mol. The maximum atomic E-state index is 10.3. The molecule has 0 unspecified atom stereocenters. The van der Waals surface area contributed by atoms with Gasteiger partial charge in [-0.1, -0.05) is 4.57 Å². The SMILES string of the molecule is CC[P+](=O)CC.O=CO. The third-order valence-corrected chi connectivity index (χ3v) is 2.12. The molecule has 0 aliphatic carbocycles. The Morgan fingerprint density at radius 2 is 1.67 bits per heavy atom. The third-order valence-electron chi connectivity index (χ3n) is 0.705. The van der Waals surface area contributed by atoms with Crippen LogP contribution in [0.4, 0.5) is 0 Å². The Morgan fingerprint density at radius 1 is 1.44 bits per heavy atom. The van der Waals surface area contributed by atoms with Crippen molar-refractivity contribution in [3.63, 3.8) is 0 Å². The van der Waals surface area contributed by atoms with Gasteiger partial charge in [0, 0.05) is 0 Å². The van der Waals surface area contributed by atoms with Gasteiger partial charge in [0.2, 0.25) is 0 Å². The zero-order valence-electron chi connectivity index (χ0n) is 5.70. The van der Waals surface area contributed by atoms with E-state index in [0.29, 0.717) is 0 Å². The molecule has 0 aromatic carbocycles. The molecule has 0 fully saturated rings. The van der Waals surface area contributed by atoms with Crippen LogP contribution < -0.4 is 0 Å². The van der Waals surface area contributed by atoms with Gasteiger partial charge in [0.25, 0.3) is 6.47 Å². The van der Waals surface area contributed by atoms with Crippen LogP contribution in [0.2, 0.25) is 0 Å². The van der Waals surface area contributed by atoms with E-state index < -0.39 is 7.80 Å². The summed E-state index contributed by atoms with van der Waals surface area (Å²) in [5.74, 6) is 0. The van der Waals surface area contributed by atoms with Gasteiger partial charge < -0.3 is 5.11 Å². The molecule has 0 atom stereocenters. The first-order valence-corrected chi connectivity index (χ1v) is 4.35. The Bertz CT molecular complexity index is 76.3. The molecular formula is C5H12O3P+. The van der Waals surface area contributed by atoms with Crippen LogP contribution in [-0.2, 0) is 9.36 Å². The predicted octanol–water partition coefficient (Wildman–Crippen LogP) is 1.55. The number of carbonyl (C=O) groups is 1. The maximum Gasteiger partial charge on any atom is 0.338 e. The Labute approximate surface area is 55.9 Å². The van der Waals surface area contributed by atoms with Crippen molar-refractivity contribution in [3.8, 4) is 0 Å². The van der Waals surface area contributed by atoms with Gasteiger partial charge in [0.05, 0.1) is 0 Å². The van der Waals surface area contributed by atoms with E-state index in [1.807, 2.05) is 13.8 Å². The van der Waals surface area contributed by atoms with Crippen molar-refractivity contribution in [3.05, 3.63) is 0 Å². The highest BCUT2D eigenvalue weighted by Crippen LogP contribution is 2.16. The average Bonchev–Trinajstić information content (AvgIpc) is 1.88. The summed E-state index contributed by atoms with van der Waals surface area (Å²) in [4.78, 5) is 8.36. The lowest BCUT2D eigenvalue weighted by atomic mass is 11.0. The standard InChI is InChI=1S/C4H10OP.CH2O2/c1-3-6(5)4-2;2-1-3/h3-4H2,1-2H3;1H,(H,2,3)/q+1;. The number of rotatable bonds is 2. The first kappa shape index (κ1) is 11.4. The predicted molar refractivity (Wildman–Crippen MR) is 37.4 cm³/mol. The Morgan fingerprint density at radius 3 is 1.67 bits per heavy atom. The minimum Gasteiger partial charge on any atom is -0.483 e. The van der Waals surface area contributed by atoms with E-state index in [0.717, 1.165) is 12.3 Å². The molecule has 0 heterocycles. The molecule has 1 N–H and O–H groups in total. The van der Waals surface area contributed by atoms with Gasteiger partial charge in [-0.05, 0) is 13.8 Å². The van der Waals surface area contributed by atoms with Crippen molar-refractivity contribution in [2.75, 3.05) is 12.3 Å². The molecule has 0 saturated carbocycles. The van der Waals surface area contributed by atoms with E-state index in [-0.39, 0.29) is 6.47 Å². The summed E-state index contributed by atoms with van der Waals surface area (Å²) in [5.41, 5.74) is 0. The highest BCUT2D eigenvalue weighted by molar-refractivity contribution is 7.44. The number of carboxylic acid groups (broad SMARTS) is 1. The summed E-state index contributed by atoms with van der Waals surface area (Å²) in [6.45, 7) is 3.64. The van der Waals surface area contributed by atoms with E-state index in [2.05, 4.69) is 0 Å². The lowest BCUT2D eigenvalue weighted by Gasteiger charge is -1.66. The second-order valence-corrected chi connectivity index (χ2v) is 3.45. The molecule has 0 amide bonds. The second kappa shape index (κ2) is 10.5. The molecule has 0 saturated heterocycles.